The summed E-state index contributed by atoms with van der Waals surface area (Å²) in [7, 11) is 0. The van der Waals surface area contributed by atoms with Gasteiger partial charge >= 0.3 is 0 Å². The van der Waals surface area contributed by atoms with Gasteiger partial charge in [0.25, 0.3) is 0 Å². The van der Waals surface area contributed by atoms with Crippen LogP contribution in [0.4, 0.5) is 0 Å². The molecule has 0 radical (unpaired) electrons. The summed E-state index contributed by atoms with van der Waals surface area (Å²) in [5.74, 6) is 1.04. The van der Waals surface area contributed by atoms with Crippen molar-refractivity contribution in [3.63, 3.8) is 0 Å². The van der Waals surface area contributed by atoms with E-state index in [-0.39, 0.29) is 17.9 Å². The molecule has 4 rings (SSSR count). The van der Waals surface area contributed by atoms with Crippen molar-refractivity contribution in [2.45, 2.75) is 32.8 Å². The van der Waals surface area contributed by atoms with Gasteiger partial charge in [0, 0.05) is 43.4 Å². The van der Waals surface area contributed by atoms with Crippen LogP contribution < -0.4 is 4.74 Å². The number of ether oxygens (including phenoxy) is 1. The van der Waals surface area contributed by atoms with Crippen LogP contribution in [0.3, 0.4) is 0 Å². The van der Waals surface area contributed by atoms with Gasteiger partial charge in [-0.15, -0.1) is 0 Å². The van der Waals surface area contributed by atoms with Gasteiger partial charge in [0.2, 0.25) is 5.91 Å². The maximum Gasteiger partial charge on any atom is 0.225 e. The number of hydrogen-bond acceptors (Lipinski definition) is 5. The van der Waals surface area contributed by atoms with E-state index in [1.807, 2.05) is 41.6 Å². The highest BCUT2D eigenvalue weighted by Gasteiger charge is 2.25. The van der Waals surface area contributed by atoms with E-state index in [1.165, 1.54) is 6.33 Å². The fourth-order valence-electron chi connectivity index (χ4n) is 3.44. The van der Waals surface area contributed by atoms with Gasteiger partial charge < -0.3 is 9.64 Å². The molecule has 0 saturated carbocycles. The van der Waals surface area contributed by atoms with Crippen LogP contribution in [-0.4, -0.2) is 49.5 Å². The third-order valence-electron chi connectivity index (χ3n) is 4.88. The predicted molar refractivity (Wildman–Crippen MR) is 102 cm³/mol. The second-order valence-corrected chi connectivity index (χ2v) is 7.16. The van der Waals surface area contributed by atoms with Crippen LogP contribution in [0.15, 0.2) is 43.2 Å². The molecule has 1 fully saturated rings. The Hall–Kier alpha value is -2.96. The molecule has 3 aromatic rings. The number of amides is 1. The van der Waals surface area contributed by atoms with Gasteiger partial charge in [-0.25, -0.2) is 15.0 Å². The Bertz CT molecular complexity index is 930. The van der Waals surface area contributed by atoms with Gasteiger partial charge in [0.05, 0.1) is 24.3 Å². The van der Waals surface area contributed by atoms with Crippen LogP contribution in [0.1, 0.15) is 26.7 Å². The number of carbonyl (C=O) groups is 1. The Morgan fingerprint density at radius 2 is 1.93 bits per heavy atom. The molecule has 0 N–H and O–H groups in total. The number of fused-ring (bicyclic) bond motifs is 1. The van der Waals surface area contributed by atoms with Gasteiger partial charge in [-0.3, -0.25) is 9.36 Å². The van der Waals surface area contributed by atoms with Gasteiger partial charge in [0.1, 0.15) is 23.8 Å². The summed E-state index contributed by atoms with van der Waals surface area (Å²) < 4.78 is 8.09. The van der Waals surface area contributed by atoms with E-state index in [0.717, 1.165) is 48.4 Å². The minimum Gasteiger partial charge on any atom is -0.489 e. The number of aromatic nitrogens is 4. The summed E-state index contributed by atoms with van der Waals surface area (Å²) in [6, 6.07) is 4.01. The van der Waals surface area contributed by atoms with E-state index in [0.29, 0.717) is 0 Å². The molecule has 0 aromatic carbocycles. The molecule has 0 bridgehead atoms. The summed E-state index contributed by atoms with van der Waals surface area (Å²) in [5, 5.41) is 1.00. The van der Waals surface area contributed by atoms with E-state index in [4.69, 9.17) is 4.74 Å². The lowest BCUT2D eigenvalue weighted by atomic mass is 10.1. The Labute approximate surface area is 158 Å². The molecule has 7 heteroatoms. The zero-order valence-corrected chi connectivity index (χ0v) is 15.6. The average molecular weight is 365 g/mol. The Morgan fingerprint density at radius 3 is 2.63 bits per heavy atom. The fraction of sp³-hybridized carbons (Fsp3) is 0.400. The van der Waals surface area contributed by atoms with E-state index in [1.54, 1.807) is 18.6 Å². The average Bonchev–Trinajstić information content (AvgIpc) is 3.12. The minimum absolute atomic E-state index is 0.0492. The standard InChI is InChI=1S/C20H23N5O2/c1-14(2)20(26)24-6-4-17(5-7-24)27-18-9-15-3-8-25(19(15)23-12-18)16-10-21-13-22-11-16/h3,8-14,17H,4-7H2,1-2H3. The molecule has 0 spiro atoms. The van der Waals surface area contributed by atoms with Gasteiger partial charge in [0.15, 0.2) is 0 Å². The van der Waals surface area contributed by atoms with Gasteiger partial charge in [-0.2, -0.15) is 0 Å². The largest absolute Gasteiger partial charge is 0.489 e. The Balaban J connectivity index is 1.44. The van der Waals surface area contributed by atoms with Crippen molar-refractivity contribution < 1.29 is 9.53 Å². The Kier molecular flexibility index (Phi) is 4.75. The molecule has 1 saturated heterocycles. The lowest BCUT2D eigenvalue weighted by Gasteiger charge is -2.33. The van der Waals surface area contributed by atoms with Crippen LogP contribution in [-0.2, 0) is 4.79 Å². The molecule has 0 atom stereocenters. The fourth-order valence-corrected chi connectivity index (χ4v) is 3.44. The lowest BCUT2D eigenvalue weighted by Crippen LogP contribution is -2.43. The number of piperidine rings is 1. The molecular weight excluding hydrogens is 342 g/mol. The molecule has 0 aliphatic carbocycles. The highest BCUT2D eigenvalue weighted by Crippen LogP contribution is 2.25. The summed E-state index contributed by atoms with van der Waals surface area (Å²) in [6.45, 7) is 5.39. The number of pyridine rings is 1. The summed E-state index contributed by atoms with van der Waals surface area (Å²) >= 11 is 0. The van der Waals surface area contributed by atoms with Crippen molar-refractivity contribution in [1.29, 1.82) is 0 Å². The quantitative estimate of drug-likeness (QED) is 0.711. The molecule has 27 heavy (non-hydrogen) atoms. The topological polar surface area (TPSA) is 73.1 Å². The molecular formula is C20H23N5O2. The highest BCUT2D eigenvalue weighted by molar-refractivity contribution is 5.79. The predicted octanol–water partition coefficient (Wildman–Crippen LogP) is 2.84. The second-order valence-electron chi connectivity index (χ2n) is 7.16. The third kappa shape index (κ3) is 3.63. The monoisotopic (exact) mass is 365 g/mol. The molecule has 7 nitrogen and oxygen atoms in total. The number of hydrogen-bond donors (Lipinski definition) is 0. The molecule has 3 aromatic heterocycles. The van der Waals surface area contributed by atoms with Crippen LogP contribution in [0.25, 0.3) is 16.7 Å². The van der Waals surface area contributed by atoms with Crippen molar-refractivity contribution in [1.82, 2.24) is 24.4 Å². The normalized spacial score (nSPS) is 15.4. The van der Waals surface area contributed by atoms with Crippen LogP contribution in [0.2, 0.25) is 0 Å². The first-order valence-corrected chi connectivity index (χ1v) is 9.30. The van der Waals surface area contributed by atoms with Crippen molar-refractivity contribution in [3.05, 3.63) is 43.2 Å². The van der Waals surface area contributed by atoms with Crippen molar-refractivity contribution in [2.75, 3.05) is 13.1 Å². The molecule has 1 aliphatic heterocycles. The summed E-state index contributed by atoms with van der Waals surface area (Å²) in [5.41, 5.74) is 1.71. The second kappa shape index (κ2) is 7.34. The summed E-state index contributed by atoms with van der Waals surface area (Å²) in [4.78, 5) is 26.7. The van der Waals surface area contributed by atoms with Crippen molar-refractivity contribution in [3.8, 4) is 11.4 Å². The van der Waals surface area contributed by atoms with E-state index >= 15 is 0 Å². The number of carbonyl (C=O) groups excluding carboxylic acids is 1. The zero-order chi connectivity index (χ0) is 18.8. The SMILES string of the molecule is CC(C)C(=O)N1CCC(Oc2cnc3c(ccn3-c3cncnc3)c2)CC1. The minimum atomic E-state index is 0.0492. The maximum atomic E-state index is 12.1. The zero-order valence-electron chi connectivity index (χ0n) is 15.6. The molecule has 1 aliphatic rings. The number of rotatable bonds is 4. The lowest BCUT2D eigenvalue weighted by molar-refractivity contribution is -0.136. The first kappa shape index (κ1) is 17.5. The molecule has 140 valence electrons. The summed E-state index contributed by atoms with van der Waals surface area (Å²) in [6.07, 6.45) is 10.5. The molecule has 0 unspecified atom stereocenters. The van der Waals surface area contributed by atoms with Crippen molar-refractivity contribution in [2.24, 2.45) is 5.92 Å². The molecule has 4 heterocycles. The van der Waals surface area contributed by atoms with E-state index in [9.17, 15) is 4.79 Å². The smallest absolute Gasteiger partial charge is 0.225 e. The Morgan fingerprint density at radius 1 is 1.19 bits per heavy atom. The first-order chi connectivity index (χ1) is 13.1. The third-order valence-corrected chi connectivity index (χ3v) is 4.88. The van der Waals surface area contributed by atoms with Gasteiger partial charge in [-0.05, 0) is 12.1 Å². The molecule has 1 amide bonds. The number of nitrogens with zero attached hydrogens (tertiary/aromatic N) is 5. The maximum absolute atomic E-state index is 12.1. The van der Waals surface area contributed by atoms with E-state index < -0.39 is 0 Å². The van der Waals surface area contributed by atoms with Crippen LogP contribution in [0, 0.1) is 5.92 Å². The first-order valence-electron chi connectivity index (χ1n) is 9.30. The van der Waals surface area contributed by atoms with Crippen LogP contribution >= 0.6 is 0 Å². The van der Waals surface area contributed by atoms with Gasteiger partial charge in [-0.1, -0.05) is 13.8 Å². The van der Waals surface area contributed by atoms with E-state index in [2.05, 4.69) is 15.0 Å². The number of likely N-dealkylation sites (tertiary alicyclic amines) is 1. The highest BCUT2D eigenvalue weighted by atomic mass is 16.5. The van der Waals surface area contributed by atoms with Crippen LogP contribution in [0.5, 0.6) is 5.75 Å². The van der Waals surface area contributed by atoms with Crippen molar-refractivity contribution >= 4 is 16.9 Å².